The van der Waals surface area contributed by atoms with E-state index in [0.717, 1.165) is 0 Å². The number of rotatable bonds is 6. The molecule has 3 aromatic rings. The van der Waals surface area contributed by atoms with Gasteiger partial charge in [0.2, 0.25) is 11.8 Å². The molecule has 32 heavy (non-hydrogen) atoms. The molecule has 8 nitrogen and oxygen atoms in total. The van der Waals surface area contributed by atoms with Crippen molar-refractivity contribution in [2.75, 3.05) is 23.4 Å². The Bertz CT molecular complexity index is 1220. The summed E-state index contributed by atoms with van der Waals surface area (Å²) < 4.78 is 5.64. The Labute approximate surface area is 185 Å². The summed E-state index contributed by atoms with van der Waals surface area (Å²) in [6.07, 6.45) is 0.124. The number of carbonyl (C=O) groups excluding carboxylic acids is 2. The molecule has 164 valence electrons. The number of carbonyl (C=O) groups is 2. The van der Waals surface area contributed by atoms with E-state index < -0.39 is 5.92 Å². The highest BCUT2D eigenvalue weighted by molar-refractivity contribution is 6.04. The van der Waals surface area contributed by atoms with Crippen LogP contribution in [0.5, 0.6) is 5.75 Å². The molecule has 2 amide bonds. The summed E-state index contributed by atoms with van der Waals surface area (Å²) >= 11 is 0. The van der Waals surface area contributed by atoms with Crippen molar-refractivity contribution in [3.63, 3.8) is 0 Å². The minimum Gasteiger partial charge on any atom is -0.492 e. The first kappa shape index (κ1) is 21.3. The van der Waals surface area contributed by atoms with Gasteiger partial charge in [-0.05, 0) is 38.1 Å². The topological polar surface area (TPSA) is 104 Å². The van der Waals surface area contributed by atoms with Crippen LogP contribution in [0.1, 0.15) is 19.0 Å². The number of nitrogens with one attached hydrogen (secondary N) is 2. The van der Waals surface area contributed by atoms with Crippen LogP contribution in [0.3, 0.4) is 0 Å². The van der Waals surface area contributed by atoms with Gasteiger partial charge in [0.1, 0.15) is 11.6 Å². The van der Waals surface area contributed by atoms with E-state index in [-0.39, 0.29) is 30.3 Å². The van der Waals surface area contributed by atoms with Crippen molar-refractivity contribution in [3.05, 3.63) is 70.6 Å². The molecule has 2 heterocycles. The minimum atomic E-state index is -0.488. The van der Waals surface area contributed by atoms with Gasteiger partial charge in [0.05, 0.1) is 18.2 Å². The zero-order chi connectivity index (χ0) is 22.7. The molecule has 1 saturated heterocycles. The van der Waals surface area contributed by atoms with Crippen LogP contribution >= 0.6 is 0 Å². The van der Waals surface area contributed by atoms with Gasteiger partial charge in [-0.25, -0.2) is 4.98 Å². The van der Waals surface area contributed by atoms with E-state index in [4.69, 9.17) is 4.74 Å². The second-order valence-electron chi connectivity index (χ2n) is 7.61. The number of aromatic amines is 1. The van der Waals surface area contributed by atoms with E-state index in [9.17, 15) is 14.4 Å². The summed E-state index contributed by atoms with van der Waals surface area (Å²) in [4.78, 5) is 46.0. The van der Waals surface area contributed by atoms with Crippen molar-refractivity contribution in [3.8, 4) is 17.1 Å². The second kappa shape index (κ2) is 9.05. The highest BCUT2D eigenvalue weighted by Crippen LogP contribution is 2.33. The maximum absolute atomic E-state index is 12.9. The van der Waals surface area contributed by atoms with Gasteiger partial charge in [0.15, 0.2) is 0 Å². The summed E-state index contributed by atoms with van der Waals surface area (Å²) in [6, 6.07) is 15.8. The molecule has 0 spiro atoms. The highest BCUT2D eigenvalue weighted by atomic mass is 16.5. The van der Waals surface area contributed by atoms with Gasteiger partial charge in [-0.15, -0.1) is 0 Å². The monoisotopic (exact) mass is 432 g/mol. The summed E-state index contributed by atoms with van der Waals surface area (Å²) in [5.74, 6) is 0.209. The van der Waals surface area contributed by atoms with Crippen molar-refractivity contribution in [2.24, 2.45) is 5.92 Å². The average molecular weight is 432 g/mol. The molecule has 0 saturated carbocycles. The van der Waals surface area contributed by atoms with Gasteiger partial charge >= 0.3 is 0 Å². The highest BCUT2D eigenvalue weighted by Gasteiger charge is 2.36. The lowest BCUT2D eigenvalue weighted by atomic mass is 10.1. The Hall–Kier alpha value is -3.94. The van der Waals surface area contributed by atoms with Crippen molar-refractivity contribution in [1.82, 2.24) is 9.97 Å². The number of hydrogen-bond donors (Lipinski definition) is 2. The molecule has 1 atom stereocenters. The molecule has 1 aromatic heterocycles. The first-order valence-electron chi connectivity index (χ1n) is 10.5. The molecule has 0 radical (unpaired) electrons. The molecule has 8 heteroatoms. The molecule has 2 aromatic carbocycles. The number of aryl methyl sites for hydroxylation is 1. The lowest BCUT2D eigenvalue weighted by Crippen LogP contribution is -2.28. The van der Waals surface area contributed by atoms with Crippen molar-refractivity contribution < 1.29 is 14.3 Å². The molecular weight excluding hydrogens is 408 g/mol. The smallest absolute Gasteiger partial charge is 0.251 e. The minimum absolute atomic E-state index is 0.118. The van der Waals surface area contributed by atoms with Crippen LogP contribution in [-0.4, -0.2) is 34.9 Å². The van der Waals surface area contributed by atoms with Crippen LogP contribution in [0.2, 0.25) is 0 Å². The van der Waals surface area contributed by atoms with Gasteiger partial charge in [-0.1, -0.05) is 24.3 Å². The Morgan fingerprint density at radius 3 is 2.78 bits per heavy atom. The molecular formula is C24H24N4O4. The number of aromatic nitrogens is 2. The number of amides is 2. The quantitative estimate of drug-likeness (QED) is 0.623. The fourth-order valence-corrected chi connectivity index (χ4v) is 3.78. The molecule has 1 aliphatic rings. The van der Waals surface area contributed by atoms with Gasteiger partial charge in [0, 0.05) is 36.0 Å². The lowest BCUT2D eigenvalue weighted by molar-refractivity contribution is -0.122. The molecule has 1 fully saturated rings. The predicted molar refractivity (Wildman–Crippen MR) is 122 cm³/mol. The molecule has 2 N–H and O–H groups in total. The first-order chi connectivity index (χ1) is 15.4. The molecule has 0 bridgehead atoms. The Kier molecular flexibility index (Phi) is 6.02. The predicted octanol–water partition coefficient (Wildman–Crippen LogP) is 3.14. The fraction of sp³-hybridized carbons (Fsp3) is 0.250. The summed E-state index contributed by atoms with van der Waals surface area (Å²) in [5, 5.41) is 2.89. The zero-order valence-corrected chi connectivity index (χ0v) is 17.9. The number of ether oxygens (including phenoxy) is 1. The van der Waals surface area contributed by atoms with Crippen LogP contribution in [0, 0.1) is 12.8 Å². The molecule has 0 aliphatic carbocycles. The maximum Gasteiger partial charge on any atom is 0.251 e. The van der Waals surface area contributed by atoms with Crippen LogP contribution < -0.4 is 20.5 Å². The molecule has 4 rings (SSSR count). The van der Waals surface area contributed by atoms with Gasteiger partial charge in [-0.3, -0.25) is 14.4 Å². The number of H-pyrrole nitrogens is 1. The van der Waals surface area contributed by atoms with Crippen LogP contribution in [-0.2, 0) is 9.59 Å². The van der Waals surface area contributed by atoms with Crippen LogP contribution in [0.15, 0.2) is 59.4 Å². The number of benzene rings is 2. The standard InChI is InChI=1S/C24H24N4O4/c1-3-32-20-10-5-4-9-19(20)28-14-17(13-22(28)30)24(31)26-18-8-6-7-16(12-18)23-25-15(2)11-21(29)27-23/h4-12,17H,3,13-14H2,1-2H3,(H,26,31)(H,25,27,29). The van der Waals surface area contributed by atoms with Crippen LogP contribution in [0.25, 0.3) is 11.4 Å². The summed E-state index contributed by atoms with van der Waals surface area (Å²) in [6.45, 7) is 4.40. The normalized spacial score (nSPS) is 15.6. The summed E-state index contributed by atoms with van der Waals surface area (Å²) in [5.41, 5.74) is 2.29. The number of para-hydroxylation sites is 2. The SMILES string of the molecule is CCOc1ccccc1N1CC(C(=O)Nc2cccc(-c3nc(C)cc(=O)[nH]3)c2)CC1=O. The summed E-state index contributed by atoms with van der Waals surface area (Å²) in [7, 11) is 0. The largest absolute Gasteiger partial charge is 0.492 e. The van der Waals surface area contributed by atoms with Crippen molar-refractivity contribution >= 4 is 23.2 Å². The lowest BCUT2D eigenvalue weighted by Gasteiger charge is -2.20. The van der Waals surface area contributed by atoms with E-state index in [1.807, 2.05) is 31.2 Å². The number of hydrogen-bond acceptors (Lipinski definition) is 5. The van der Waals surface area contributed by atoms with E-state index in [0.29, 0.717) is 40.8 Å². The van der Waals surface area contributed by atoms with Crippen molar-refractivity contribution in [2.45, 2.75) is 20.3 Å². The van der Waals surface area contributed by atoms with Gasteiger partial charge in [0.25, 0.3) is 5.56 Å². The first-order valence-corrected chi connectivity index (χ1v) is 10.5. The Balaban J connectivity index is 1.49. The average Bonchev–Trinajstić information content (AvgIpc) is 3.15. The third-order valence-corrected chi connectivity index (χ3v) is 5.23. The Morgan fingerprint density at radius 1 is 1.19 bits per heavy atom. The van der Waals surface area contributed by atoms with E-state index in [1.165, 1.54) is 6.07 Å². The fourth-order valence-electron chi connectivity index (χ4n) is 3.78. The van der Waals surface area contributed by atoms with E-state index >= 15 is 0 Å². The molecule has 1 unspecified atom stereocenters. The van der Waals surface area contributed by atoms with Crippen LogP contribution in [0.4, 0.5) is 11.4 Å². The Morgan fingerprint density at radius 2 is 2.00 bits per heavy atom. The number of anilines is 2. The third-order valence-electron chi connectivity index (χ3n) is 5.23. The number of nitrogens with zero attached hydrogens (tertiary/aromatic N) is 2. The van der Waals surface area contributed by atoms with Gasteiger partial charge < -0.3 is 19.9 Å². The van der Waals surface area contributed by atoms with Crippen molar-refractivity contribution in [1.29, 1.82) is 0 Å². The van der Waals surface area contributed by atoms with E-state index in [1.54, 1.807) is 36.1 Å². The maximum atomic E-state index is 12.9. The zero-order valence-electron chi connectivity index (χ0n) is 17.9. The second-order valence-corrected chi connectivity index (χ2v) is 7.61. The van der Waals surface area contributed by atoms with Gasteiger partial charge in [-0.2, -0.15) is 0 Å². The molecule has 1 aliphatic heterocycles. The third kappa shape index (κ3) is 4.54. The van der Waals surface area contributed by atoms with E-state index in [2.05, 4.69) is 15.3 Å².